The maximum atomic E-state index is 15.4. The third-order valence-corrected chi connectivity index (χ3v) is 9.32. The first kappa shape index (κ1) is 49.3. The molecule has 25 heteroatoms. The van der Waals surface area contributed by atoms with Crippen molar-refractivity contribution in [3.63, 3.8) is 0 Å². The molecule has 1 aromatic heterocycles. The Labute approximate surface area is 350 Å². The van der Waals surface area contributed by atoms with Crippen LogP contribution in [-0.4, -0.2) is 22.5 Å². The third kappa shape index (κ3) is 8.42. The van der Waals surface area contributed by atoms with Gasteiger partial charge in [-0.3, -0.25) is 9.78 Å². The number of ether oxygens (including phenoxy) is 1. The molecule has 0 spiro atoms. The van der Waals surface area contributed by atoms with Crippen LogP contribution in [0.2, 0.25) is 0 Å². The van der Waals surface area contributed by atoms with Gasteiger partial charge in [0.2, 0.25) is 12.3 Å². The standard InChI is InChI=1S/C24BF20.C16H19N2O2/c26-5-1(6(27)14(35)21(42)13(5)34)25(2-7(28)15(36)22(43)16(37)8(2)29,3-9(30)17(38)23(44)18(39)10(3)31)4-11(32)19(40)24(45)20(41)12(4)33;1-16(2,3)20-14-6-4-13(5-7-14)15(19)12-18-10-8-17-9-11-18/h;4-11H,12H2,1-3H3/q-1;+1. The summed E-state index contributed by atoms with van der Waals surface area (Å²) in [6.07, 6.45) is -0.351. The Morgan fingerprint density at radius 1 is 0.446 bits per heavy atom. The SMILES string of the molecule is CC(C)(C)Oc1ccc(C(=O)C[n+]2ccncc2)cc1.Fc1c(F)c(F)c([B-](c2c(F)c(F)c(F)c(F)c2F)(c2c(F)c(F)c(F)c(F)c2F)c2c(F)c(F)c(F)c(F)c2F)c(F)c1F. The summed E-state index contributed by atoms with van der Waals surface area (Å²) in [6.45, 7) is 6.28. The van der Waals surface area contributed by atoms with E-state index >= 15 is 35.1 Å². The number of carbonyl (C=O) groups excluding carboxylic acids is 1. The minimum atomic E-state index is -7.22. The van der Waals surface area contributed by atoms with E-state index in [1.807, 2.05) is 32.9 Å². The highest BCUT2D eigenvalue weighted by Gasteiger charge is 2.52. The zero-order valence-electron chi connectivity index (χ0n) is 32.2. The first-order valence-corrected chi connectivity index (χ1v) is 17.5. The molecule has 0 saturated carbocycles. The van der Waals surface area contributed by atoms with Crippen LogP contribution < -0.4 is 31.2 Å². The van der Waals surface area contributed by atoms with Gasteiger partial charge in [-0.25, -0.2) is 87.8 Å². The van der Waals surface area contributed by atoms with Gasteiger partial charge in [0.25, 0.3) is 0 Å². The molecule has 0 fully saturated rings. The number of halogens is 20. The predicted molar refractivity (Wildman–Crippen MR) is 185 cm³/mol. The highest BCUT2D eigenvalue weighted by atomic mass is 19.2. The van der Waals surface area contributed by atoms with E-state index in [0.29, 0.717) is 12.1 Å². The molecule has 0 amide bonds. The van der Waals surface area contributed by atoms with Crippen LogP contribution in [0.3, 0.4) is 0 Å². The van der Waals surface area contributed by atoms with Crippen molar-refractivity contribution in [1.29, 1.82) is 0 Å². The summed E-state index contributed by atoms with van der Waals surface area (Å²) in [4.78, 5) is 16.1. The summed E-state index contributed by atoms with van der Waals surface area (Å²) < 4.78 is 301. The van der Waals surface area contributed by atoms with Crippen LogP contribution in [-0.2, 0) is 6.54 Å². The lowest BCUT2D eigenvalue weighted by Crippen LogP contribution is -2.81. The minimum absolute atomic E-state index is 0.0588. The van der Waals surface area contributed by atoms with E-state index in [4.69, 9.17) is 4.74 Å². The summed E-state index contributed by atoms with van der Waals surface area (Å²) in [6, 6.07) is 7.25. The van der Waals surface area contributed by atoms with E-state index in [1.165, 1.54) is 0 Å². The molecule has 1 heterocycles. The Bertz CT molecular complexity index is 2490. The zero-order valence-corrected chi connectivity index (χ0v) is 32.2. The second-order valence-corrected chi connectivity index (χ2v) is 14.4. The number of hydrogen-bond acceptors (Lipinski definition) is 3. The fraction of sp³-hybridized carbons (Fsp3) is 0.125. The summed E-state index contributed by atoms with van der Waals surface area (Å²) in [5, 5.41) is 0. The van der Waals surface area contributed by atoms with Crippen LogP contribution in [0.25, 0.3) is 0 Å². The smallest absolute Gasteiger partial charge is 0.227 e. The van der Waals surface area contributed by atoms with Gasteiger partial charge in [-0.1, -0.05) is 0 Å². The number of ketones is 1. The average molecular weight is 950 g/mol. The molecule has 0 unspecified atom stereocenters. The van der Waals surface area contributed by atoms with Crippen LogP contribution in [0.1, 0.15) is 31.1 Å². The number of rotatable bonds is 8. The van der Waals surface area contributed by atoms with Crippen molar-refractivity contribution in [2.24, 2.45) is 0 Å². The summed E-state index contributed by atoms with van der Waals surface area (Å²) in [5.74, 6) is -70.6. The summed E-state index contributed by atoms with van der Waals surface area (Å²) in [7, 11) is 0. The van der Waals surface area contributed by atoms with Gasteiger partial charge >= 0.3 is 0 Å². The van der Waals surface area contributed by atoms with Crippen LogP contribution in [0.4, 0.5) is 87.8 Å². The third-order valence-electron chi connectivity index (χ3n) is 9.32. The summed E-state index contributed by atoms with van der Waals surface area (Å²) >= 11 is 0. The zero-order chi connectivity index (χ0) is 48.9. The maximum Gasteiger partial charge on any atom is 0.227 e. The van der Waals surface area contributed by atoms with Gasteiger partial charge in [0, 0.05) is 5.56 Å². The normalized spacial score (nSPS) is 11.7. The van der Waals surface area contributed by atoms with Crippen molar-refractivity contribution in [1.82, 2.24) is 4.98 Å². The van der Waals surface area contributed by atoms with E-state index in [-0.39, 0.29) is 11.4 Å². The Morgan fingerprint density at radius 2 is 0.692 bits per heavy atom. The molecule has 4 nitrogen and oxygen atoms in total. The molecular formula is C40H19BF20N2O2. The summed E-state index contributed by atoms with van der Waals surface area (Å²) in [5.41, 5.74) is -13.9. The van der Waals surface area contributed by atoms with E-state index < -0.39 is 144 Å². The van der Waals surface area contributed by atoms with Gasteiger partial charge < -0.3 is 4.74 Å². The molecule has 0 radical (unpaired) electrons. The number of nitrogens with zero attached hydrogens (tertiary/aromatic N) is 2. The molecule has 0 saturated heterocycles. The van der Waals surface area contributed by atoms with Gasteiger partial charge in [0.1, 0.15) is 64.0 Å². The van der Waals surface area contributed by atoms with Crippen molar-refractivity contribution in [3.8, 4) is 5.75 Å². The van der Waals surface area contributed by atoms with E-state index in [1.54, 1.807) is 41.5 Å². The largest absolute Gasteiger partial charge is 0.488 e. The fourth-order valence-corrected chi connectivity index (χ4v) is 6.65. The molecule has 0 aliphatic carbocycles. The van der Waals surface area contributed by atoms with Gasteiger partial charge in [0.15, 0.2) is 82.2 Å². The second-order valence-electron chi connectivity index (χ2n) is 14.4. The fourth-order valence-electron chi connectivity index (χ4n) is 6.65. The number of aromatic nitrogens is 2. The molecule has 5 aromatic carbocycles. The quantitative estimate of drug-likeness (QED) is 0.0386. The van der Waals surface area contributed by atoms with E-state index in [0.717, 1.165) is 5.75 Å². The molecule has 0 aliphatic heterocycles. The molecule has 0 bridgehead atoms. The maximum absolute atomic E-state index is 15.4. The van der Waals surface area contributed by atoms with Crippen molar-refractivity contribution in [2.45, 2.75) is 32.9 Å². The molecular weight excluding hydrogens is 931 g/mol. The predicted octanol–water partition coefficient (Wildman–Crippen LogP) is 8.28. The van der Waals surface area contributed by atoms with Gasteiger partial charge in [-0.2, -0.15) is 4.57 Å². The molecule has 0 aliphatic rings. The van der Waals surface area contributed by atoms with Crippen LogP contribution >= 0.6 is 0 Å². The Kier molecular flexibility index (Phi) is 13.7. The first-order valence-electron chi connectivity index (χ1n) is 17.5. The molecule has 6 aromatic rings. The van der Waals surface area contributed by atoms with E-state index in [2.05, 4.69) is 4.98 Å². The number of carbonyl (C=O) groups is 1. The molecule has 65 heavy (non-hydrogen) atoms. The topological polar surface area (TPSA) is 43.1 Å². The van der Waals surface area contributed by atoms with Gasteiger partial charge in [-0.05, 0) is 45.0 Å². The van der Waals surface area contributed by atoms with Gasteiger partial charge in [-0.15, -0.1) is 21.9 Å². The van der Waals surface area contributed by atoms with Crippen LogP contribution in [0, 0.1) is 116 Å². The lowest BCUT2D eigenvalue weighted by atomic mass is 9.12. The van der Waals surface area contributed by atoms with Crippen molar-refractivity contribution in [2.75, 3.05) is 0 Å². The lowest BCUT2D eigenvalue weighted by Gasteiger charge is -2.44. The van der Waals surface area contributed by atoms with Crippen molar-refractivity contribution >= 4 is 33.8 Å². The van der Waals surface area contributed by atoms with Crippen molar-refractivity contribution in [3.05, 3.63) is 171 Å². The van der Waals surface area contributed by atoms with Crippen LogP contribution in [0.15, 0.2) is 49.1 Å². The van der Waals surface area contributed by atoms with Crippen molar-refractivity contribution < 1.29 is 102 Å². The number of hydrogen-bond donors (Lipinski definition) is 0. The Balaban J connectivity index is 0.000000330. The average Bonchev–Trinajstić information content (AvgIpc) is 3.26. The number of benzene rings is 5. The Morgan fingerprint density at radius 3 is 0.938 bits per heavy atom. The second kappa shape index (κ2) is 18.1. The first-order chi connectivity index (χ1) is 30.1. The molecule has 0 atom stereocenters. The monoisotopic (exact) mass is 950 g/mol. The lowest BCUT2D eigenvalue weighted by molar-refractivity contribution is -0.683. The molecule has 0 N–H and O–H groups in total. The Hall–Kier alpha value is -6.69. The van der Waals surface area contributed by atoms with E-state index in [9.17, 15) is 57.5 Å². The van der Waals surface area contributed by atoms with Crippen LogP contribution in [0.5, 0.6) is 5.75 Å². The molecule has 6 rings (SSSR count). The number of Topliss-reactive ketones (excluding diaryl/α,β-unsaturated/α-hetero) is 1. The minimum Gasteiger partial charge on any atom is -0.488 e. The molecule has 344 valence electrons. The van der Waals surface area contributed by atoms with Gasteiger partial charge in [0.05, 0.1) is 12.4 Å². The highest BCUT2D eigenvalue weighted by Crippen LogP contribution is 2.31. The highest BCUT2D eigenvalue weighted by molar-refractivity contribution is 7.20.